The number of rotatable bonds is 6. The van der Waals surface area contributed by atoms with E-state index < -0.39 is 5.82 Å². The van der Waals surface area contributed by atoms with Gasteiger partial charge in [-0.25, -0.2) is 4.39 Å². The molecule has 2 heterocycles. The fraction of sp³-hybridized carbons (Fsp3) is 0.458. The normalized spacial score (nSPS) is 17.3. The maximum atomic E-state index is 14.8. The van der Waals surface area contributed by atoms with Crippen molar-refractivity contribution in [2.24, 2.45) is 10.9 Å². The van der Waals surface area contributed by atoms with Crippen LogP contribution in [0.15, 0.2) is 41.5 Å². The smallest absolute Gasteiger partial charge is 0.256 e. The number of hydrogen-bond acceptors (Lipinski definition) is 4. The Morgan fingerprint density at radius 3 is 2.52 bits per heavy atom. The molecule has 0 spiro atoms. The molecule has 1 aromatic carbocycles. The molecule has 1 saturated heterocycles. The summed E-state index contributed by atoms with van der Waals surface area (Å²) in [5, 5.41) is 9.30. The van der Waals surface area contributed by atoms with Crippen molar-refractivity contribution in [3.8, 4) is 17.2 Å². The highest BCUT2D eigenvalue weighted by molar-refractivity contribution is 5.95. The molecule has 1 N–H and O–H groups in total. The van der Waals surface area contributed by atoms with E-state index in [0.717, 1.165) is 31.5 Å². The van der Waals surface area contributed by atoms with E-state index in [-0.39, 0.29) is 23.4 Å². The van der Waals surface area contributed by atoms with Crippen LogP contribution in [0.1, 0.15) is 37.0 Å². The lowest BCUT2D eigenvalue weighted by Gasteiger charge is -2.32. The summed E-state index contributed by atoms with van der Waals surface area (Å²) in [6.45, 7) is 6.81. The SMILES string of the molecule is CCC[C@@H](C#N)C(C)/N=c1/ccc(-c2ccc(C(=O)N3CCN(C)CC3)c(F)c2)c[nH]1. The van der Waals surface area contributed by atoms with Crippen LogP contribution in [0.25, 0.3) is 11.1 Å². The molecule has 1 aromatic heterocycles. The summed E-state index contributed by atoms with van der Waals surface area (Å²) in [6, 6.07) is 10.6. The summed E-state index contributed by atoms with van der Waals surface area (Å²) in [5.74, 6) is -0.885. The topological polar surface area (TPSA) is 75.5 Å². The molecule has 2 aromatic rings. The molecule has 1 amide bonds. The van der Waals surface area contributed by atoms with Crippen molar-refractivity contribution < 1.29 is 9.18 Å². The van der Waals surface area contributed by atoms with E-state index >= 15 is 0 Å². The van der Waals surface area contributed by atoms with E-state index in [1.165, 1.54) is 6.07 Å². The lowest BCUT2D eigenvalue weighted by atomic mass is 9.98. The minimum absolute atomic E-state index is 0.107. The predicted octanol–water partition coefficient (Wildman–Crippen LogP) is 3.44. The van der Waals surface area contributed by atoms with Crippen LogP contribution in [0.3, 0.4) is 0 Å². The third-order valence-corrected chi connectivity index (χ3v) is 5.81. The van der Waals surface area contributed by atoms with Crippen molar-refractivity contribution in [2.45, 2.75) is 32.7 Å². The zero-order valence-corrected chi connectivity index (χ0v) is 18.4. The molecule has 0 bridgehead atoms. The molecule has 1 fully saturated rings. The van der Waals surface area contributed by atoms with Crippen LogP contribution in [0.2, 0.25) is 0 Å². The Balaban J connectivity index is 1.75. The van der Waals surface area contributed by atoms with Gasteiger partial charge in [-0.15, -0.1) is 0 Å². The van der Waals surface area contributed by atoms with E-state index in [1.54, 1.807) is 23.2 Å². The fourth-order valence-corrected chi connectivity index (χ4v) is 3.76. The third kappa shape index (κ3) is 5.59. The number of carbonyl (C=O) groups is 1. The maximum Gasteiger partial charge on any atom is 0.256 e. The van der Waals surface area contributed by atoms with E-state index in [2.05, 4.69) is 27.9 Å². The molecule has 0 aliphatic carbocycles. The Morgan fingerprint density at radius 2 is 1.94 bits per heavy atom. The number of aromatic nitrogens is 1. The quantitative estimate of drug-likeness (QED) is 0.773. The lowest BCUT2D eigenvalue weighted by molar-refractivity contribution is 0.0659. The standard InChI is InChI=1S/C24H30FN5O/c1-4-5-19(15-26)17(2)28-23-9-7-20(16-27-23)18-6-8-21(22(25)14-18)24(31)30-12-10-29(3)11-13-30/h6-9,14,16-17,19H,4-5,10-13H2,1-3H3,(H,27,28)/t17?,19-/m0/s1. The number of piperazine rings is 1. The molecule has 7 heteroatoms. The lowest BCUT2D eigenvalue weighted by Crippen LogP contribution is -2.47. The fourth-order valence-electron chi connectivity index (χ4n) is 3.76. The molecule has 1 aliphatic rings. The number of aromatic amines is 1. The first kappa shape index (κ1) is 22.7. The number of hydrogen-bond donors (Lipinski definition) is 1. The number of H-pyrrole nitrogens is 1. The van der Waals surface area contributed by atoms with Crippen molar-refractivity contribution >= 4 is 5.91 Å². The third-order valence-electron chi connectivity index (χ3n) is 5.81. The molecule has 0 radical (unpaired) electrons. The first-order valence-electron chi connectivity index (χ1n) is 10.8. The van der Waals surface area contributed by atoms with E-state index in [9.17, 15) is 14.4 Å². The van der Waals surface area contributed by atoms with Gasteiger partial charge in [-0.1, -0.05) is 19.4 Å². The number of carbonyl (C=O) groups excluding carboxylic acids is 1. The second kappa shape index (κ2) is 10.4. The number of nitrogens with one attached hydrogen (secondary N) is 1. The summed E-state index contributed by atoms with van der Waals surface area (Å²) < 4.78 is 14.8. The highest BCUT2D eigenvalue weighted by Gasteiger charge is 2.23. The van der Waals surface area contributed by atoms with Gasteiger partial charge in [0.1, 0.15) is 11.3 Å². The molecular formula is C24H30FN5O. The zero-order chi connectivity index (χ0) is 22.4. The molecule has 6 nitrogen and oxygen atoms in total. The van der Waals surface area contributed by atoms with E-state index in [4.69, 9.17) is 0 Å². The second-order valence-corrected chi connectivity index (χ2v) is 8.15. The van der Waals surface area contributed by atoms with Crippen LogP contribution in [-0.4, -0.2) is 60.0 Å². The van der Waals surface area contributed by atoms with Crippen molar-refractivity contribution in [1.29, 1.82) is 5.26 Å². The minimum atomic E-state index is -0.514. The van der Waals surface area contributed by atoms with Crippen molar-refractivity contribution in [3.63, 3.8) is 0 Å². The van der Waals surface area contributed by atoms with Gasteiger partial charge in [-0.05, 0) is 55.8 Å². The van der Waals surface area contributed by atoms with Gasteiger partial charge in [-0.3, -0.25) is 9.79 Å². The Labute approximate surface area is 183 Å². The van der Waals surface area contributed by atoms with Gasteiger partial charge in [0.25, 0.3) is 5.91 Å². The number of halogens is 1. The first-order chi connectivity index (χ1) is 14.9. The van der Waals surface area contributed by atoms with Gasteiger partial charge in [0.05, 0.1) is 23.6 Å². The summed E-state index contributed by atoms with van der Waals surface area (Å²) >= 11 is 0. The highest BCUT2D eigenvalue weighted by atomic mass is 19.1. The number of nitriles is 1. The second-order valence-electron chi connectivity index (χ2n) is 8.15. The molecule has 2 atom stereocenters. The molecule has 3 rings (SSSR count). The first-order valence-corrected chi connectivity index (χ1v) is 10.8. The molecule has 1 aliphatic heterocycles. The summed E-state index contributed by atoms with van der Waals surface area (Å²) in [7, 11) is 2.01. The van der Waals surface area contributed by atoms with Crippen LogP contribution >= 0.6 is 0 Å². The molecule has 164 valence electrons. The van der Waals surface area contributed by atoms with Gasteiger partial charge >= 0.3 is 0 Å². The summed E-state index contributed by atoms with van der Waals surface area (Å²) in [4.78, 5) is 24.2. The largest absolute Gasteiger partial charge is 0.346 e. The average Bonchev–Trinajstić information content (AvgIpc) is 2.78. The van der Waals surface area contributed by atoms with Gasteiger partial charge < -0.3 is 14.8 Å². The van der Waals surface area contributed by atoms with Crippen LogP contribution in [0, 0.1) is 23.1 Å². The predicted molar refractivity (Wildman–Crippen MR) is 119 cm³/mol. The van der Waals surface area contributed by atoms with Crippen LogP contribution in [-0.2, 0) is 0 Å². The number of likely N-dealkylation sites (N-methyl/N-ethyl adjacent to an activating group) is 1. The molecular weight excluding hydrogens is 393 g/mol. The Kier molecular flexibility index (Phi) is 7.59. The Hall–Kier alpha value is -2.98. The summed E-state index contributed by atoms with van der Waals surface area (Å²) in [5.41, 5.74) is 2.27. The molecule has 1 unspecified atom stereocenters. The van der Waals surface area contributed by atoms with E-state index in [1.807, 2.05) is 26.1 Å². The highest BCUT2D eigenvalue weighted by Crippen LogP contribution is 2.22. The number of pyridine rings is 1. The van der Waals surface area contributed by atoms with Crippen LogP contribution in [0.5, 0.6) is 0 Å². The Bertz CT molecular complexity index is 997. The van der Waals surface area contributed by atoms with Crippen LogP contribution in [0.4, 0.5) is 4.39 Å². The van der Waals surface area contributed by atoms with Crippen molar-refractivity contribution in [1.82, 2.24) is 14.8 Å². The van der Waals surface area contributed by atoms with Crippen molar-refractivity contribution in [2.75, 3.05) is 33.2 Å². The van der Waals surface area contributed by atoms with Gasteiger partial charge in [0, 0.05) is 32.4 Å². The molecule has 31 heavy (non-hydrogen) atoms. The number of nitrogens with zero attached hydrogens (tertiary/aromatic N) is 4. The molecule has 0 saturated carbocycles. The zero-order valence-electron chi connectivity index (χ0n) is 18.4. The maximum absolute atomic E-state index is 14.8. The number of amides is 1. The Morgan fingerprint density at radius 1 is 1.23 bits per heavy atom. The van der Waals surface area contributed by atoms with Crippen LogP contribution < -0.4 is 5.49 Å². The minimum Gasteiger partial charge on any atom is -0.346 e. The van der Waals surface area contributed by atoms with E-state index in [0.29, 0.717) is 24.1 Å². The number of benzene rings is 1. The van der Waals surface area contributed by atoms with Crippen molar-refractivity contribution in [3.05, 3.63) is 53.4 Å². The van der Waals surface area contributed by atoms with Gasteiger partial charge in [-0.2, -0.15) is 5.26 Å². The average molecular weight is 424 g/mol. The summed E-state index contributed by atoms with van der Waals surface area (Å²) in [6.07, 6.45) is 3.53. The monoisotopic (exact) mass is 423 g/mol. The van der Waals surface area contributed by atoms with Gasteiger partial charge in [0.15, 0.2) is 0 Å². The van der Waals surface area contributed by atoms with Gasteiger partial charge in [0.2, 0.25) is 0 Å².